The van der Waals surface area contributed by atoms with Gasteiger partial charge in [-0.1, -0.05) is 0 Å². The fourth-order valence-corrected chi connectivity index (χ4v) is 6.17. The highest BCUT2D eigenvalue weighted by molar-refractivity contribution is 8.30. The van der Waals surface area contributed by atoms with E-state index in [-0.39, 0.29) is 0 Å². The Hall–Kier alpha value is 0.270. The molecule has 0 saturated carbocycles. The highest BCUT2D eigenvalue weighted by Gasteiger charge is 2.33. The van der Waals surface area contributed by atoms with Crippen molar-refractivity contribution in [1.82, 2.24) is 4.31 Å². The molecule has 0 radical (unpaired) electrons. The molecule has 1 saturated heterocycles. The lowest BCUT2D eigenvalue weighted by Gasteiger charge is -2.48. The summed E-state index contributed by atoms with van der Waals surface area (Å²) < 4.78 is 2.56. The molecule has 1 heterocycles. The molecular formula is C10H24N2S. The van der Waals surface area contributed by atoms with Crippen LogP contribution in [0, 0.1) is 0 Å². The van der Waals surface area contributed by atoms with Crippen LogP contribution in [0.4, 0.5) is 0 Å². The van der Waals surface area contributed by atoms with Gasteiger partial charge in [-0.25, -0.2) is 0 Å². The summed E-state index contributed by atoms with van der Waals surface area (Å²) in [7, 11) is -0.910. The maximum absolute atomic E-state index is 6.51. The summed E-state index contributed by atoms with van der Waals surface area (Å²) in [6, 6.07) is 1.19. The Morgan fingerprint density at radius 3 is 1.69 bits per heavy atom. The van der Waals surface area contributed by atoms with Crippen molar-refractivity contribution in [2.45, 2.75) is 52.6 Å². The molecule has 0 atom stereocenters. The maximum Gasteiger partial charge on any atom is 0.0144 e. The van der Waals surface area contributed by atoms with Crippen LogP contribution in [0.2, 0.25) is 0 Å². The van der Waals surface area contributed by atoms with Gasteiger partial charge in [-0.2, -0.15) is 0 Å². The van der Waals surface area contributed by atoms with Gasteiger partial charge in [0.25, 0.3) is 0 Å². The van der Waals surface area contributed by atoms with Crippen LogP contribution in [0.5, 0.6) is 0 Å². The molecule has 0 bridgehead atoms. The number of hydrogen-bond acceptors (Lipinski definition) is 2. The summed E-state index contributed by atoms with van der Waals surface area (Å²) >= 11 is 0. The minimum atomic E-state index is -0.910. The Labute approximate surface area is 84.4 Å². The number of rotatable bonds is 3. The largest absolute Gasteiger partial charge is 0.283 e. The zero-order chi connectivity index (χ0) is 10.1. The average molecular weight is 204 g/mol. The van der Waals surface area contributed by atoms with Crippen molar-refractivity contribution in [2.24, 2.45) is 5.14 Å². The molecule has 80 valence electrons. The zero-order valence-electron chi connectivity index (χ0n) is 9.42. The first-order valence-electron chi connectivity index (χ1n) is 5.32. The van der Waals surface area contributed by atoms with Gasteiger partial charge in [0.15, 0.2) is 0 Å². The predicted octanol–water partition coefficient (Wildman–Crippen LogP) is 2.49. The minimum Gasteiger partial charge on any atom is -0.283 e. The van der Waals surface area contributed by atoms with Crippen LogP contribution in [0.15, 0.2) is 0 Å². The van der Waals surface area contributed by atoms with Gasteiger partial charge in [0, 0.05) is 23.6 Å². The zero-order valence-corrected chi connectivity index (χ0v) is 10.2. The van der Waals surface area contributed by atoms with Gasteiger partial charge in [-0.05, 0) is 40.5 Å². The van der Waals surface area contributed by atoms with E-state index >= 15 is 0 Å². The smallest absolute Gasteiger partial charge is 0.0144 e. The first-order chi connectivity index (χ1) is 5.97. The third kappa shape index (κ3) is 2.39. The Kier molecular flexibility index (Phi) is 3.66. The summed E-state index contributed by atoms with van der Waals surface area (Å²) in [4.78, 5) is 0. The average Bonchev–Trinajstić information content (AvgIpc) is 2.33. The predicted molar refractivity (Wildman–Crippen MR) is 62.9 cm³/mol. The molecule has 0 aromatic heterocycles. The van der Waals surface area contributed by atoms with Crippen LogP contribution < -0.4 is 5.14 Å². The molecule has 1 aliphatic rings. The second-order valence-electron chi connectivity index (χ2n) is 4.56. The van der Waals surface area contributed by atoms with E-state index in [1.54, 1.807) is 0 Å². The van der Waals surface area contributed by atoms with Gasteiger partial charge >= 0.3 is 0 Å². The van der Waals surface area contributed by atoms with E-state index < -0.39 is 10.4 Å². The molecule has 2 nitrogen and oxygen atoms in total. The summed E-state index contributed by atoms with van der Waals surface area (Å²) in [5.41, 5.74) is 0. The number of hydrogen-bond donors (Lipinski definition) is 1. The monoisotopic (exact) mass is 204 g/mol. The second-order valence-corrected chi connectivity index (χ2v) is 7.60. The van der Waals surface area contributed by atoms with Crippen LogP contribution in [-0.4, -0.2) is 27.9 Å². The Morgan fingerprint density at radius 1 is 1.00 bits per heavy atom. The van der Waals surface area contributed by atoms with E-state index in [2.05, 4.69) is 32.0 Å². The van der Waals surface area contributed by atoms with Gasteiger partial charge in [0.05, 0.1) is 0 Å². The SMILES string of the molecule is CC(C)N(C(C)C)S1(N)CCCC1. The lowest BCUT2D eigenvalue weighted by atomic mass is 10.3. The molecular weight excluding hydrogens is 180 g/mol. The van der Waals surface area contributed by atoms with E-state index in [9.17, 15) is 0 Å². The minimum absolute atomic E-state index is 0.595. The number of nitrogens with two attached hydrogens (primary N) is 1. The van der Waals surface area contributed by atoms with Gasteiger partial charge < -0.3 is 0 Å². The number of nitrogens with zero attached hydrogens (tertiary/aromatic N) is 1. The molecule has 2 N–H and O–H groups in total. The van der Waals surface area contributed by atoms with Crippen molar-refractivity contribution >= 4 is 10.4 Å². The Bertz CT molecular complexity index is 154. The summed E-state index contributed by atoms with van der Waals surface area (Å²) in [5.74, 6) is 2.51. The lowest BCUT2D eigenvalue weighted by Crippen LogP contribution is -2.43. The molecule has 0 aromatic rings. The highest BCUT2D eigenvalue weighted by Crippen LogP contribution is 2.52. The molecule has 0 aromatic carbocycles. The van der Waals surface area contributed by atoms with Crippen LogP contribution in [0.1, 0.15) is 40.5 Å². The lowest BCUT2D eigenvalue weighted by molar-refractivity contribution is 0.325. The molecule has 0 unspecified atom stereocenters. The van der Waals surface area contributed by atoms with Crippen molar-refractivity contribution in [2.75, 3.05) is 11.5 Å². The van der Waals surface area contributed by atoms with Gasteiger partial charge in [0.2, 0.25) is 0 Å². The molecule has 1 rings (SSSR count). The first-order valence-corrected chi connectivity index (χ1v) is 7.31. The van der Waals surface area contributed by atoms with Gasteiger partial charge in [0.1, 0.15) is 0 Å². The third-order valence-corrected chi connectivity index (χ3v) is 6.36. The fourth-order valence-electron chi connectivity index (χ4n) is 2.45. The van der Waals surface area contributed by atoms with Crippen molar-refractivity contribution in [3.8, 4) is 0 Å². The van der Waals surface area contributed by atoms with Gasteiger partial charge in [-0.15, -0.1) is 10.4 Å². The fraction of sp³-hybridized carbons (Fsp3) is 1.00. The van der Waals surface area contributed by atoms with E-state index in [1.165, 1.54) is 24.3 Å². The Balaban J connectivity index is 2.73. The molecule has 0 amide bonds. The van der Waals surface area contributed by atoms with E-state index in [4.69, 9.17) is 5.14 Å². The van der Waals surface area contributed by atoms with Crippen molar-refractivity contribution in [3.05, 3.63) is 0 Å². The van der Waals surface area contributed by atoms with E-state index in [0.29, 0.717) is 12.1 Å². The van der Waals surface area contributed by atoms with Crippen molar-refractivity contribution in [3.63, 3.8) is 0 Å². The first kappa shape index (κ1) is 11.3. The quantitative estimate of drug-likeness (QED) is 0.765. The summed E-state index contributed by atoms with van der Waals surface area (Å²) in [6.07, 6.45) is 2.67. The standard InChI is InChI=1S/C10H24N2S/c1-9(2)12(10(3)4)13(11)7-5-6-8-13/h9-10H,5-8,11H2,1-4H3. The van der Waals surface area contributed by atoms with Crippen molar-refractivity contribution < 1.29 is 0 Å². The van der Waals surface area contributed by atoms with Crippen LogP contribution in [0.3, 0.4) is 0 Å². The van der Waals surface area contributed by atoms with E-state index in [1.807, 2.05) is 0 Å². The normalized spacial score (nSPS) is 24.6. The molecule has 0 aliphatic carbocycles. The molecule has 1 aliphatic heterocycles. The van der Waals surface area contributed by atoms with Crippen LogP contribution >= 0.6 is 10.4 Å². The molecule has 1 fully saturated rings. The maximum atomic E-state index is 6.51. The second kappa shape index (κ2) is 4.20. The topological polar surface area (TPSA) is 29.3 Å². The summed E-state index contributed by atoms with van der Waals surface area (Å²) in [6.45, 7) is 9.06. The molecule has 0 spiro atoms. The van der Waals surface area contributed by atoms with Crippen LogP contribution in [-0.2, 0) is 0 Å². The van der Waals surface area contributed by atoms with Gasteiger partial charge in [-0.3, -0.25) is 9.44 Å². The highest BCUT2D eigenvalue weighted by atomic mass is 32.3. The van der Waals surface area contributed by atoms with Crippen molar-refractivity contribution in [1.29, 1.82) is 0 Å². The summed E-state index contributed by atoms with van der Waals surface area (Å²) in [5, 5.41) is 6.51. The van der Waals surface area contributed by atoms with E-state index in [0.717, 1.165) is 0 Å². The Morgan fingerprint density at radius 2 is 1.38 bits per heavy atom. The molecule has 3 heteroatoms. The van der Waals surface area contributed by atoms with Crippen LogP contribution in [0.25, 0.3) is 0 Å². The third-order valence-electron chi connectivity index (χ3n) is 2.68. The molecule has 13 heavy (non-hydrogen) atoms.